The van der Waals surface area contributed by atoms with Crippen molar-refractivity contribution in [2.45, 2.75) is 33.1 Å². The first-order valence-corrected chi connectivity index (χ1v) is 10.6. The van der Waals surface area contributed by atoms with Gasteiger partial charge in [0.15, 0.2) is 0 Å². The minimum absolute atomic E-state index is 0.0713. The molecule has 2 rings (SSSR count). The van der Waals surface area contributed by atoms with Gasteiger partial charge in [0.2, 0.25) is 11.8 Å². The van der Waals surface area contributed by atoms with Gasteiger partial charge in [-0.2, -0.15) is 0 Å². The van der Waals surface area contributed by atoms with Crippen LogP contribution in [0.3, 0.4) is 0 Å². The average Bonchev–Trinajstić information content (AvgIpc) is 2.83. The number of nitrogens with one attached hydrogen (secondary N) is 3. The molecule has 2 aromatic rings. The average molecular weight is 456 g/mol. The normalized spacial score (nSPS) is 11.2. The number of alkyl carbamates (subject to hydrolysis) is 1. The molecule has 2 aromatic carbocycles. The molecular formula is C24H29N3O6. The van der Waals surface area contributed by atoms with Crippen molar-refractivity contribution < 1.29 is 28.7 Å². The number of hydrogen-bond acceptors (Lipinski definition) is 6. The van der Waals surface area contributed by atoms with E-state index in [0.29, 0.717) is 0 Å². The highest BCUT2D eigenvalue weighted by Gasteiger charge is 2.25. The van der Waals surface area contributed by atoms with Crippen LogP contribution in [0, 0.1) is 5.92 Å². The molecule has 0 saturated heterocycles. The lowest BCUT2D eigenvalue weighted by atomic mass is 10.0. The molecule has 0 fully saturated rings. The molecule has 0 bridgehead atoms. The Morgan fingerprint density at radius 2 is 1.30 bits per heavy atom. The van der Waals surface area contributed by atoms with Crippen LogP contribution < -0.4 is 16.0 Å². The summed E-state index contributed by atoms with van der Waals surface area (Å²) < 4.78 is 10.2. The first-order valence-electron chi connectivity index (χ1n) is 10.6. The molecule has 0 aliphatic rings. The molecule has 0 spiro atoms. The molecule has 3 amide bonds. The van der Waals surface area contributed by atoms with E-state index in [1.165, 1.54) is 0 Å². The standard InChI is InChI=1S/C24H29N3O6/c1-17(2)22(27-24(31)33-16-19-11-7-4-8-12-19)23(30)26-13-20(28)25-14-21(29)32-15-18-9-5-3-6-10-18/h3-12,17,22H,13-16H2,1-2H3,(H,25,28)(H,26,30)(H,27,31)/t22-/m0/s1. The molecule has 9 heteroatoms. The number of rotatable bonds is 11. The van der Waals surface area contributed by atoms with Crippen LogP contribution in [0.2, 0.25) is 0 Å². The van der Waals surface area contributed by atoms with E-state index < -0.39 is 29.9 Å². The molecule has 0 unspecified atom stereocenters. The lowest BCUT2D eigenvalue weighted by Crippen LogP contribution is -2.51. The maximum Gasteiger partial charge on any atom is 0.408 e. The Labute approximate surface area is 192 Å². The van der Waals surface area contributed by atoms with Gasteiger partial charge in [0, 0.05) is 0 Å². The van der Waals surface area contributed by atoms with Gasteiger partial charge in [-0.25, -0.2) is 4.79 Å². The Balaban J connectivity index is 1.69. The predicted molar refractivity (Wildman–Crippen MR) is 121 cm³/mol. The number of hydrogen-bond donors (Lipinski definition) is 3. The predicted octanol–water partition coefficient (Wildman–Crippen LogP) is 1.91. The summed E-state index contributed by atoms with van der Waals surface area (Å²) in [6.45, 7) is 3.01. The molecule has 0 heterocycles. The van der Waals surface area contributed by atoms with E-state index in [-0.39, 0.29) is 32.2 Å². The van der Waals surface area contributed by atoms with Gasteiger partial charge >= 0.3 is 12.1 Å². The Morgan fingerprint density at radius 3 is 1.85 bits per heavy atom. The Morgan fingerprint density at radius 1 is 0.758 bits per heavy atom. The van der Waals surface area contributed by atoms with E-state index in [0.717, 1.165) is 11.1 Å². The Bertz CT molecular complexity index is 918. The van der Waals surface area contributed by atoms with Crippen LogP contribution in [0.15, 0.2) is 60.7 Å². The fourth-order valence-corrected chi connectivity index (χ4v) is 2.73. The largest absolute Gasteiger partial charge is 0.460 e. The molecule has 0 saturated carbocycles. The minimum Gasteiger partial charge on any atom is -0.460 e. The van der Waals surface area contributed by atoms with E-state index >= 15 is 0 Å². The van der Waals surface area contributed by atoms with Crippen LogP contribution in [-0.2, 0) is 37.1 Å². The first kappa shape index (κ1) is 25.4. The van der Waals surface area contributed by atoms with Gasteiger partial charge in [-0.1, -0.05) is 74.5 Å². The van der Waals surface area contributed by atoms with Crippen LogP contribution in [0.4, 0.5) is 4.79 Å². The highest BCUT2D eigenvalue weighted by atomic mass is 16.5. The van der Waals surface area contributed by atoms with Gasteiger partial charge < -0.3 is 25.4 Å². The zero-order valence-corrected chi connectivity index (χ0v) is 18.7. The molecule has 0 aliphatic heterocycles. The molecule has 0 radical (unpaired) electrons. The molecule has 33 heavy (non-hydrogen) atoms. The number of benzene rings is 2. The monoisotopic (exact) mass is 455 g/mol. The second-order valence-corrected chi connectivity index (χ2v) is 7.57. The minimum atomic E-state index is -0.892. The smallest absolute Gasteiger partial charge is 0.408 e. The summed E-state index contributed by atoms with van der Waals surface area (Å²) in [7, 11) is 0. The molecule has 0 aliphatic carbocycles. The number of ether oxygens (including phenoxy) is 2. The molecule has 0 aromatic heterocycles. The highest BCUT2D eigenvalue weighted by Crippen LogP contribution is 2.05. The number of carbonyl (C=O) groups is 4. The van der Waals surface area contributed by atoms with E-state index in [1.54, 1.807) is 13.8 Å². The van der Waals surface area contributed by atoms with Crippen molar-refractivity contribution in [3.8, 4) is 0 Å². The van der Waals surface area contributed by atoms with Crippen molar-refractivity contribution in [3.05, 3.63) is 71.8 Å². The molecule has 1 atom stereocenters. The summed E-state index contributed by atoms with van der Waals surface area (Å²) in [5.74, 6) is -1.94. The van der Waals surface area contributed by atoms with Crippen molar-refractivity contribution >= 4 is 23.9 Å². The lowest BCUT2D eigenvalue weighted by Gasteiger charge is -2.21. The Kier molecular flexibility index (Phi) is 10.4. The zero-order chi connectivity index (χ0) is 24.1. The summed E-state index contributed by atoms with van der Waals surface area (Å²) >= 11 is 0. The van der Waals surface area contributed by atoms with Crippen LogP contribution in [0.5, 0.6) is 0 Å². The number of carbonyl (C=O) groups excluding carboxylic acids is 4. The maximum absolute atomic E-state index is 12.4. The van der Waals surface area contributed by atoms with E-state index in [1.807, 2.05) is 60.7 Å². The Hall–Kier alpha value is -3.88. The fraction of sp³-hybridized carbons (Fsp3) is 0.333. The third-order valence-electron chi connectivity index (χ3n) is 4.53. The van der Waals surface area contributed by atoms with Crippen LogP contribution in [0.1, 0.15) is 25.0 Å². The number of esters is 1. The second kappa shape index (κ2) is 13.5. The van der Waals surface area contributed by atoms with Gasteiger partial charge in [0.25, 0.3) is 0 Å². The van der Waals surface area contributed by atoms with Crippen LogP contribution in [0.25, 0.3) is 0 Å². The van der Waals surface area contributed by atoms with Gasteiger partial charge in [-0.3, -0.25) is 14.4 Å². The zero-order valence-electron chi connectivity index (χ0n) is 18.7. The molecule has 176 valence electrons. The topological polar surface area (TPSA) is 123 Å². The van der Waals surface area contributed by atoms with Gasteiger partial charge in [-0.15, -0.1) is 0 Å². The second-order valence-electron chi connectivity index (χ2n) is 7.57. The molecule has 3 N–H and O–H groups in total. The van der Waals surface area contributed by atoms with Crippen LogP contribution in [-0.4, -0.2) is 43.0 Å². The van der Waals surface area contributed by atoms with Gasteiger partial charge in [0.05, 0.1) is 6.54 Å². The fourth-order valence-electron chi connectivity index (χ4n) is 2.73. The van der Waals surface area contributed by atoms with E-state index in [4.69, 9.17) is 9.47 Å². The SMILES string of the molecule is CC(C)[C@H](NC(=O)OCc1ccccc1)C(=O)NCC(=O)NCC(=O)OCc1ccccc1. The quantitative estimate of drug-likeness (QED) is 0.445. The first-order chi connectivity index (χ1) is 15.8. The van der Waals surface area contributed by atoms with Crippen molar-refractivity contribution in [1.82, 2.24) is 16.0 Å². The van der Waals surface area contributed by atoms with Crippen molar-refractivity contribution in [3.63, 3.8) is 0 Å². The molecular weight excluding hydrogens is 426 g/mol. The lowest BCUT2D eigenvalue weighted by molar-refractivity contribution is -0.145. The van der Waals surface area contributed by atoms with Crippen LogP contribution >= 0.6 is 0 Å². The third-order valence-corrected chi connectivity index (χ3v) is 4.53. The molecule has 9 nitrogen and oxygen atoms in total. The van der Waals surface area contributed by atoms with Crippen molar-refractivity contribution in [1.29, 1.82) is 0 Å². The maximum atomic E-state index is 12.4. The highest BCUT2D eigenvalue weighted by molar-refractivity contribution is 5.90. The van der Waals surface area contributed by atoms with E-state index in [2.05, 4.69) is 16.0 Å². The summed E-state index contributed by atoms with van der Waals surface area (Å²) in [4.78, 5) is 48.2. The summed E-state index contributed by atoms with van der Waals surface area (Å²) in [6, 6.07) is 17.4. The summed E-state index contributed by atoms with van der Waals surface area (Å²) in [5.41, 5.74) is 1.65. The van der Waals surface area contributed by atoms with Crippen molar-refractivity contribution in [2.75, 3.05) is 13.1 Å². The van der Waals surface area contributed by atoms with E-state index in [9.17, 15) is 19.2 Å². The van der Waals surface area contributed by atoms with Gasteiger partial charge in [0.1, 0.15) is 25.8 Å². The van der Waals surface area contributed by atoms with Crippen molar-refractivity contribution in [2.24, 2.45) is 5.92 Å². The third kappa shape index (κ3) is 9.86. The summed E-state index contributed by atoms with van der Waals surface area (Å²) in [5, 5.41) is 7.35. The van der Waals surface area contributed by atoms with Gasteiger partial charge in [-0.05, 0) is 17.0 Å². The summed E-state index contributed by atoms with van der Waals surface area (Å²) in [6.07, 6.45) is -0.738. The number of amides is 3.